The molecular weight excluding hydrogens is 332 g/mol. The van der Waals surface area contributed by atoms with Crippen LogP contribution in [0.4, 0.5) is 4.79 Å². The molecule has 0 aromatic carbocycles. The van der Waals surface area contributed by atoms with Crippen LogP contribution in [0.25, 0.3) is 16.8 Å². The van der Waals surface area contributed by atoms with Gasteiger partial charge in [-0.1, -0.05) is 13.3 Å². The highest BCUT2D eigenvalue weighted by molar-refractivity contribution is 5.74. The second-order valence-corrected chi connectivity index (χ2v) is 7.41. The van der Waals surface area contributed by atoms with Gasteiger partial charge in [0.15, 0.2) is 11.3 Å². The monoisotopic (exact) mass is 354 g/mol. The zero-order valence-electron chi connectivity index (χ0n) is 14.7. The fraction of sp³-hybridized carbons (Fsp3) is 0.556. The van der Waals surface area contributed by atoms with Gasteiger partial charge in [0, 0.05) is 18.2 Å². The van der Waals surface area contributed by atoms with E-state index in [0.717, 1.165) is 54.7 Å². The number of hydrogen-bond acceptors (Lipinski definition) is 5. The number of hydrogen-bond donors (Lipinski definition) is 2. The van der Waals surface area contributed by atoms with E-state index in [9.17, 15) is 4.79 Å². The van der Waals surface area contributed by atoms with Crippen molar-refractivity contribution in [1.29, 1.82) is 0 Å². The maximum Gasteiger partial charge on any atom is 0.407 e. The lowest BCUT2D eigenvalue weighted by Gasteiger charge is -2.15. The van der Waals surface area contributed by atoms with Crippen LogP contribution in [0.3, 0.4) is 0 Å². The Labute approximate surface area is 150 Å². The number of rotatable bonds is 4. The molecule has 8 heteroatoms. The molecule has 3 atom stereocenters. The predicted molar refractivity (Wildman–Crippen MR) is 94.8 cm³/mol. The van der Waals surface area contributed by atoms with Crippen LogP contribution in [0.2, 0.25) is 0 Å². The van der Waals surface area contributed by atoms with Crippen molar-refractivity contribution in [2.45, 2.75) is 57.1 Å². The maximum atomic E-state index is 12.0. The number of amides is 1. The Morgan fingerprint density at radius 3 is 3.08 bits per heavy atom. The van der Waals surface area contributed by atoms with Gasteiger partial charge in [0.25, 0.3) is 0 Å². The zero-order chi connectivity index (χ0) is 17.7. The minimum Gasteiger partial charge on any atom is -0.446 e. The molecule has 3 aromatic rings. The van der Waals surface area contributed by atoms with Crippen LogP contribution in [0.5, 0.6) is 0 Å². The zero-order valence-corrected chi connectivity index (χ0v) is 14.7. The van der Waals surface area contributed by atoms with Gasteiger partial charge in [0.2, 0.25) is 0 Å². The van der Waals surface area contributed by atoms with Crippen LogP contribution >= 0.6 is 0 Å². The molecule has 0 bridgehead atoms. The summed E-state index contributed by atoms with van der Waals surface area (Å²) in [7, 11) is 0. The smallest absolute Gasteiger partial charge is 0.407 e. The molecule has 26 heavy (non-hydrogen) atoms. The highest BCUT2D eigenvalue weighted by atomic mass is 16.6. The van der Waals surface area contributed by atoms with Crippen LogP contribution in [0.15, 0.2) is 18.5 Å². The maximum absolute atomic E-state index is 12.0. The number of nitrogens with zero attached hydrogens (tertiary/aromatic N) is 4. The third-order valence-electron chi connectivity index (χ3n) is 5.65. The van der Waals surface area contributed by atoms with Gasteiger partial charge < -0.3 is 15.0 Å². The quantitative estimate of drug-likeness (QED) is 0.751. The molecule has 8 nitrogen and oxygen atoms in total. The Hall–Kier alpha value is -2.64. The van der Waals surface area contributed by atoms with Crippen molar-refractivity contribution in [3.8, 4) is 0 Å². The van der Waals surface area contributed by atoms with E-state index in [1.165, 1.54) is 0 Å². The first kappa shape index (κ1) is 15.6. The molecule has 2 aliphatic carbocycles. The summed E-state index contributed by atoms with van der Waals surface area (Å²) in [6, 6.07) is 2.31. The lowest BCUT2D eigenvalue weighted by atomic mass is 9.93. The van der Waals surface area contributed by atoms with E-state index in [2.05, 4.69) is 36.8 Å². The van der Waals surface area contributed by atoms with Gasteiger partial charge >= 0.3 is 6.09 Å². The van der Waals surface area contributed by atoms with Crippen LogP contribution in [-0.4, -0.2) is 42.8 Å². The van der Waals surface area contributed by atoms with Crippen molar-refractivity contribution in [2.24, 2.45) is 5.92 Å². The summed E-state index contributed by atoms with van der Waals surface area (Å²) in [6.07, 6.45) is 8.06. The molecule has 1 amide bonds. The second kappa shape index (κ2) is 5.96. The molecule has 0 spiro atoms. The number of carbonyl (C=O) groups is 1. The van der Waals surface area contributed by atoms with E-state index >= 15 is 0 Å². The van der Waals surface area contributed by atoms with E-state index in [-0.39, 0.29) is 18.1 Å². The average Bonchev–Trinajstić information content (AvgIpc) is 3.03. The molecule has 2 fully saturated rings. The summed E-state index contributed by atoms with van der Waals surface area (Å²) >= 11 is 0. The first-order valence-corrected chi connectivity index (χ1v) is 9.37. The summed E-state index contributed by atoms with van der Waals surface area (Å²) < 4.78 is 7.76. The molecule has 2 N–H and O–H groups in total. The topological polar surface area (TPSA) is 97.2 Å². The third-order valence-corrected chi connectivity index (χ3v) is 5.65. The van der Waals surface area contributed by atoms with Crippen LogP contribution in [0.1, 0.15) is 50.8 Å². The first-order valence-electron chi connectivity index (χ1n) is 9.37. The number of H-pyrrole nitrogens is 1. The Bertz CT molecular complexity index is 959. The predicted octanol–water partition coefficient (Wildman–Crippen LogP) is 2.77. The summed E-state index contributed by atoms with van der Waals surface area (Å²) in [5, 5.41) is 11.7. The minimum atomic E-state index is -0.281. The number of aromatic nitrogens is 5. The summed E-state index contributed by atoms with van der Waals surface area (Å²) in [5.74, 6) is 1.57. The van der Waals surface area contributed by atoms with E-state index in [4.69, 9.17) is 4.74 Å². The Kier molecular flexibility index (Phi) is 3.58. The summed E-state index contributed by atoms with van der Waals surface area (Å²) in [5.41, 5.74) is 2.55. The van der Waals surface area contributed by atoms with Crippen molar-refractivity contribution in [3.63, 3.8) is 0 Å². The number of ether oxygens (including phenoxy) is 1. The van der Waals surface area contributed by atoms with Crippen molar-refractivity contribution in [1.82, 2.24) is 29.9 Å². The molecule has 5 rings (SSSR count). The van der Waals surface area contributed by atoms with E-state index in [0.29, 0.717) is 12.0 Å². The lowest BCUT2D eigenvalue weighted by molar-refractivity contribution is 0.0977. The van der Waals surface area contributed by atoms with Gasteiger partial charge in [-0.25, -0.2) is 9.78 Å². The van der Waals surface area contributed by atoms with Gasteiger partial charge in [-0.15, -0.1) is 10.2 Å². The number of carbonyl (C=O) groups excluding carboxylic acids is 1. The van der Waals surface area contributed by atoms with Gasteiger partial charge in [-0.05, 0) is 37.7 Å². The molecule has 0 radical (unpaired) electrons. The molecule has 3 aromatic heterocycles. The average molecular weight is 354 g/mol. The van der Waals surface area contributed by atoms with Crippen LogP contribution < -0.4 is 5.32 Å². The molecule has 2 aliphatic rings. The van der Waals surface area contributed by atoms with Crippen molar-refractivity contribution >= 4 is 22.9 Å². The van der Waals surface area contributed by atoms with Gasteiger partial charge in [-0.2, -0.15) is 0 Å². The van der Waals surface area contributed by atoms with Crippen molar-refractivity contribution in [2.75, 3.05) is 0 Å². The van der Waals surface area contributed by atoms with E-state index in [1.807, 2.05) is 12.3 Å². The normalized spacial score (nSPS) is 25.8. The van der Waals surface area contributed by atoms with Crippen molar-refractivity contribution in [3.05, 3.63) is 24.3 Å². The highest BCUT2D eigenvalue weighted by Crippen LogP contribution is 2.42. The SMILES string of the molecule is CC[C@@H]1C[C@H](OC(=O)NC2CC2)C[C@@H]1c1nnc2cnc3[nH]ccc3n12. The molecule has 0 unspecified atom stereocenters. The highest BCUT2D eigenvalue weighted by Gasteiger charge is 2.39. The van der Waals surface area contributed by atoms with Gasteiger partial charge in [0.1, 0.15) is 11.9 Å². The number of nitrogens with one attached hydrogen (secondary N) is 2. The first-order chi connectivity index (χ1) is 12.7. The fourth-order valence-corrected chi connectivity index (χ4v) is 4.16. The Morgan fingerprint density at radius 2 is 2.27 bits per heavy atom. The molecular formula is C18H22N6O2. The number of aromatic amines is 1. The minimum absolute atomic E-state index is 0.0698. The summed E-state index contributed by atoms with van der Waals surface area (Å²) in [4.78, 5) is 19.5. The summed E-state index contributed by atoms with van der Waals surface area (Å²) in [6.45, 7) is 2.18. The van der Waals surface area contributed by atoms with Crippen LogP contribution in [-0.2, 0) is 4.74 Å². The second-order valence-electron chi connectivity index (χ2n) is 7.41. The molecule has 2 saturated carbocycles. The Balaban J connectivity index is 1.44. The third kappa shape index (κ3) is 2.60. The molecule has 136 valence electrons. The van der Waals surface area contributed by atoms with Crippen molar-refractivity contribution < 1.29 is 9.53 Å². The van der Waals surface area contributed by atoms with E-state index < -0.39 is 0 Å². The molecule has 3 heterocycles. The van der Waals surface area contributed by atoms with Crippen LogP contribution in [0, 0.1) is 5.92 Å². The largest absolute Gasteiger partial charge is 0.446 e. The molecule has 0 saturated heterocycles. The Morgan fingerprint density at radius 1 is 1.38 bits per heavy atom. The fourth-order valence-electron chi connectivity index (χ4n) is 4.16. The van der Waals surface area contributed by atoms with Gasteiger partial charge in [-0.3, -0.25) is 4.40 Å². The van der Waals surface area contributed by atoms with Gasteiger partial charge in [0.05, 0.1) is 11.7 Å². The number of fused-ring (bicyclic) bond motifs is 3. The van der Waals surface area contributed by atoms with E-state index in [1.54, 1.807) is 6.20 Å². The number of alkyl carbamates (subject to hydrolysis) is 1. The lowest BCUT2D eigenvalue weighted by Crippen LogP contribution is -2.29. The standard InChI is InChI=1S/C18H22N6O2/c1-2-10-7-12(26-18(25)21-11-3-4-11)8-13(10)17-23-22-15-9-20-16-14(24(15)17)5-6-19-16/h5-6,9-13,19H,2-4,7-8H2,1H3,(H,21,25)/t10-,12+,13+/m1/s1. The molecule has 0 aliphatic heterocycles.